The van der Waals surface area contributed by atoms with Crippen molar-refractivity contribution in [2.75, 3.05) is 6.61 Å². The summed E-state index contributed by atoms with van der Waals surface area (Å²) >= 11 is 6.45. The third-order valence-electron chi connectivity index (χ3n) is 4.71. The van der Waals surface area contributed by atoms with Gasteiger partial charge in [-0.15, -0.1) is 0 Å². The minimum absolute atomic E-state index is 0.0202. The summed E-state index contributed by atoms with van der Waals surface area (Å²) in [7, 11) is 0. The fraction of sp³-hybridized carbons (Fsp3) is 0.0833. The van der Waals surface area contributed by atoms with Crippen LogP contribution in [0.4, 0.5) is 0 Å². The second kappa shape index (κ2) is 8.84. The van der Waals surface area contributed by atoms with E-state index in [0.29, 0.717) is 27.2 Å². The van der Waals surface area contributed by atoms with Crippen molar-refractivity contribution in [3.8, 4) is 11.5 Å². The van der Waals surface area contributed by atoms with Gasteiger partial charge in [-0.1, -0.05) is 60.1 Å². The largest absolute Gasteiger partial charge is 0.505 e. The van der Waals surface area contributed by atoms with Crippen LogP contribution in [0.2, 0.25) is 5.02 Å². The van der Waals surface area contributed by atoms with Gasteiger partial charge in [-0.3, -0.25) is 9.78 Å². The molecular weight excluding hydrogens is 400 g/mol. The van der Waals surface area contributed by atoms with Crippen LogP contribution in [0.15, 0.2) is 85.1 Å². The van der Waals surface area contributed by atoms with Crippen molar-refractivity contribution in [3.05, 3.63) is 101 Å². The quantitative estimate of drug-likeness (QED) is 0.468. The molecule has 5 nitrogen and oxygen atoms in total. The van der Waals surface area contributed by atoms with Gasteiger partial charge in [0.05, 0.1) is 11.1 Å². The van der Waals surface area contributed by atoms with E-state index in [0.717, 1.165) is 5.56 Å². The van der Waals surface area contributed by atoms with Gasteiger partial charge in [0.1, 0.15) is 17.0 Å². The number of pyridine rings is 1. The molecule has 0 radical (unpaired) electrons. The number of nitrogens with zero attached hydrogens (tertiary/aromatic N) is 1. The van der Waals surface area contributed by atoms with Gasteiger partial charge in [-0.05, 0) is 35.9 Å². The van der Waals surface area contributed by atoms with Gasteiger partial charge in [-0.2, -0.15) is 0 Å². The van der Waals surface area contributed by atoms with E-state index in [2.05, 4.69) is 10.3 Å². The van der Waals surface area contributed by atoms with Crippen LogP contribution in [0.25, 0.3) is 10.9 Å². The summed E-state index contributed by atoms with van der Waals surface area (Å²) in [5.74, 6) is 0.252. The Morgan fingerprint density at radius 2 is 1.73 bits per heavy atom. The van der Waals surface area contributed by atoms with Crippen LogP contribution in [0.3, 0.4) is 0 Å². The van der Waals surface area contributed by atoms with Crippen molar-refractivity contribution in [2.45, 2.75) is 6.04 Å². The molecule has 0 saturated carbocycles. The molecule has 3 aromatic carbocycles. The molecule has 2 N–H and O–H groups in total. The summed E-state index contributed by atoms with van der Waals surface area (Å²) in [5.41, 5.74) is 1.65. The number of phenolic OH excluding ortho intramolecular Hbond substituents is 1. The number of hydrogen-bond acceptors (Lipinski definition) is 4. The number of fused-ring (bicyclic) bond motifs is 1. The van der Waals surface area contributed by atoms with Crippen molar-refractivity contribution in [2.24, 2.45) is 0 Å². The van der Waals surface area contributed by atoms with Crippen molar-refractivity contribution < 1.29 is 14.6 Å². The van der Waals surface area contributed by atoms with Crippen LogP contribution >= 0.6 is 11.6 Å². The van der Waals surface area contributed by atoms with Gasteiger partial charge in [0.15, 0.2) is 6.61 Å². The highest BCUT2D eigenvalue weighted by Gasteiger charge is 2.23. The summed E-state index contributed by atoms with van der Waals surface area (Å²) in [6.07, 6.45) is 1.59. The van der Waals surface area contributed by atoms with Crippen LogP contribution in [-0.2, 0) is 4.79 Å². The Kier molecular flexibility index (Phi) is 5.82. The van der Waals surface area contributed by atoms with Crippen LogP contribution < -0.4 is 10.1 Å². The van der Waals surface area contributed by atoms with Crippen LogP contribution in [0.5, 0.6) is 11.5 Å². The number of benzene rings is 3. The summed E-state index contributed by atoms with van der Waals surface area (Å²) < 4.78 is 5.55. The van der Waals surface area contributed by atoms with E-state index in [9.17, 15) is 9.90 Å². The number of aromatic nitrogens is 1. The highest BCUT2D eigenvalue weighted by molar-refractivity contribution is 6.35. The number of carbonyl (C=O) groups is 1. The predicted octanol–water partition coefficient (Wildman–Crippen LogP) is 4.88. The number of para-hydroxylation sites is 1. The van der Waals surface area contributed by atoms with Gasteiger partial charge in [0, 0.05) is 17.1 Å². The maximum Gasteiger partial charge on any atom is 0.258 e. The van der Waals surface area contributed by atoms with Gasteiger partial charge in [0.25, 0.3) is 5.91 Å². The average Bonchev–Trinajstić information content (AvgIpc) is 2.80. The lowest BCUT2D eigenvalue weighted by atomic mass is 9.96. The minimum atomic E-state index is -0.623. The molecule has 1 heterocycles. The number of phenols is 1. The lowest BCUT2D eigenvalue weighted by Crippen LogP contribution is -2.33. The van der Waals surface area contributed by atoms with E-state index in [-0.39, 0.29) is 18.3 Å². The summed E-state index contributed by atoms with van der Waals surface area (Å²) in [5, 5.41) is 15.0. The molecule has 0 aliphatic rings. The predicted molar refractivity (Wildman–Crippen MR) is 117 cm³/mol. The zero-order valence-electron chi connectivity index (χ0n) is 16.0. The summed E-state index contributed by atoms with van der Waals surface area (Å²) in [6, 6.07) is 23.1. The molecule has 4 aromatic rings. The average molecular weight is 419 g/mol. The molecule has 0 bridgehead atoms. The lowest BCUT2D eigenvalue weighted by Gasteiger charge is -2.22. The Labute approximate surface area is 178 Å². The summed E-state index contributed by atoms with van der Waals surface area (Å²) in [6.45, 7) is -0.159. The third kappa shape index (κ3) is 4.21. The Morgan fingerprint density at radius 3 is 2.47 bits per heavy atom. The number of hydrogen-bond donors (Lipinski definition) is 2. The smallest absolute Gasteiger partial charge is 0.258 e. The van der Waals surface area contributed by atoms with Crippen molar-refractivity contribution in [3.63, 3.8) is 0 Å². The first-order valence-corrected chi connectivity index (χ1v) is 9.79. The first-order chi connectivity index (χ1) is 14.6. The number of carbonyl (C=O) groups excluding carboxylic acids is 1. The fourth-order valence-corrected chi connectivity index (χ4v) is 3.55. The molecule has 4 rings (SSSR count). The molecule has 0 fully saturated rings. The molecule has 0 spiro atoms. The molecular formula is C24H19ClN2O3. The molecule has 6 heteroatoms. The highest BCUT2D eigenvalue weighted by atomic mass is 35.5. The minimum Gasteiger partial charge on any atom is -0.505 e. The molecule has 0 aliphatic heterocycles. The van der Waals surface area contributed by atoms with E-state index in [1.54, 1.807) is 36.5 Å². The summed E-state index contributed by atoms with van der Waals surface area (Å²) in [4.78, 5) is 16.9. The molecule has 1 aromatic heterocycles. The Morgan fingerprint density at radius 1 is 1.03 bits per heavy atom. The highest BCUT2D eigenvalue weighted by Crippen LogP contribution is 2.38. The van der Waals surface area contributed by atoms with Crippen LogP contribution in [0.1, 0.15) is 17.2 Å². The normalized spacial score (nSPS) is 11.8. The number of nitrogens with one attached hydrogen (secondary N) is 1. The molecule has 0 unspecified atom stereocenters. The maximum atomic E-state index is 12.7. The number of rotatable bonds is 6. The second-order valence-electron chi connectivity index (χ2n) is 6.71. The van der Waals surface area contributed by atoms with Gasteiger partial charge in [-0.25, -0.2) is 0 Å². The second-order valence-corrected chi connectivity index (χ2v) is 7.12. The SMILES string of the molecule is O=C(COc1ccccc1)N[C@H](c1ccccc1)c1cc(Cl)c2cccnc2c1O. The zero-order chi connectivity index (χ0) is 20.9. The monoisotopic (exact) mass is 418 g/mol. The van der Waals surface area contributed by atoms with Gasteiger partial charge in [0.2, 0.25) is 0 Å². The lowest BCUT2D eigenvalue weighted by molar-refractivity contribution is -0.123. The van der Waals surface area contributed by atoms with E-state index in [1.807, 2.05) is 48.5 Å². The van der Waals surface area contributed by atoms with Gasteiger partial charge >= 0.3 is 0 Å². The molecule has 1 amide bonds. The van der Waals surface area contributed by atoms with Crippen molar-refractivity contribution in [1.82, 2.24) is 10.3 Å². The standard InChI is InChI=1S/C24H19ClN2O3/c25-20-14-19(24(29)23-18(20)12-7-13-26-23)22(16-8-3-1-4-9-16)27-21(28)15-30-17-10-5-2-6-11-17/h1-14,22,29H,15H2,(H,27,28)/t22-/m1/s1. The number of amides is 1. The van der Waals surface area contributed by atoms with E-state index in [1.165, 1.54) is 0 Å². The zero-order valence-corrected chi connectivity index (χ0v) is 16.7. The maximum absolute atomic E-state index is 12.7. The molecule has 0 saturated heterocycles. The third-order valence-corrected chi connectivity index (χ3v) is 5.02. The first-order valence-electron chi connectivity index (χ1n) is 9.41. The number of aromatic hydroxyl groups is 1. The first kappa shape index (κ1) is 19.7. The molecule has 30 heavy (non-hydrogen) atoms. The van der Waals surface area contributed by atoms with Gasteiger partial charge < -0.3 is 15.2 Å². The Hall–Kier alpha value is -3.57. The van der Waals surface area contributed by atoms with Crippen molar-refractivity contribution >= 4 is 28.4 Å². The Bertz CT molecular complexity index is 1170. The van der Waals surface area contributed by atoms with Crippen LogP contribution in [-0.4, -0.2) is 22.6 Å². The van der Waals surface area contributed by atoms with E-state index < -0.39 is 6.04 Å². The topological polar surface area (TPSA) is 71.5 Å². The molecule has 1 atom stereocenters. The van der Waals surface area contributed by atoms with E-state index in [4.69, 9.17) is 16.3 Å². The molecule has 0 aliphatic carbocycles. The fourth-order valence-electron chi connectivity index (χ4n) is 3.28. The number of ether oxygens (including phenoxy) is 1. The van der Waals surface area contributed by atoms with Crippen molar-refractivity contribution in [1.29, 1.82) is 0 Å². The van der Waals surface area contributed by atoms with Crippen LogP contribution in [0, 0.1) is 0 Å². The van der Waals surface area contributed by atoms with E-state index >= 15 is 0 Å². The molecule has 150 valence electrons. The Balaban J connectivity index is 1.67. The number of halogens is 1.